The van der Waals surface area contributed by atoms with Crippen LogP contribution in [0.1, 0.15) is 5.56 Å². The Hall–Kier alpha value is -1.07. The quantitative estimate of drug-likeness (QED) is 0.893. The first kappa shape index (κ1) is 10.4. The number of halogens is 2. The summed E-state index contributed by atoms with van der Waals surface area (Å²) >= 11 is 9.03. The summed E-state index contributed by atoms with van der Waals surface area (Å²) in [4.78, 5) is 17.5. The minimum atomic E-state index is -0.878. The van der Waals surface area contributed by atoms with E-state index < -0.39 is 5.97 Å². The lowest BCUT2D eigenvalue weighted by Gasteiger charge is -2.01. The van der Waals surface area contributed by atoms with Crippen molar-refractivity contribution in [3.05, 3.63) is 27.5 Å². The highest BCUT2D eigenvalue weighted by Gasteiger charge is 2.11. The second-order valence-corrected chi connectivity index (χ2v) is 4.18. The molecule has 0 unspecified atom stereocenters. The van der Waals surface area contributed by atoms with Gasteiger partial charge in [-0.1, -0.05) is 6.07 Å². The number of aromatic amines is 1. The maximum absolute atomic E-state index is 10.6. The molecule has 0 aliphatic heterocycles. The van der Waals surface area contributed by atoms with Gasteiger partial charge in [-0.05, 0) is 39.2 Å². The number of hydrogen-bond donors (Lipinski definition) is 2. The number of carboxylic acid groups (broad SMARTS) is 1. The highest BCUT2D eigenvalue weighted by Crippen LogP contribution is 2.27. The second kappa shape index (κ2) is 3.83. The Morgan fingerprint density at radius 1 is 1.60 bits per heavy atom. The van der Waals surface area contributed by atoms with E-state index in [0.29, 0.717) is 15.6 Å². The van der Waals surface area contributed by atoms with Crippen molar-refractivity contribution < 1.29 is 9.90 Å². The number of benzene rings is 1. The number of carboxylic acids is 1. The zero-order chi connectivity index (χ0) is 11.0. The van der Waals surface area contributed by atoms with Gasteiger partial charge >= 0.3 is 5.97 Å². The van der Waals surface area contributed by atoms with Gasteiger partial charge in [-0.15, -0.1) is 0 Å². The van der Waals surface area contributed by atoms with Gasteiger partial charge in [-0.2, -0.15) is 0 Å². The Kier molecular flexibility index (Phi) is 2.67. The van der Waals surface area contributed by atoms with Crippen LogP contribution in [0.4, 0.5) is 0 Å². The lowest BCUT2D eigenvalue weighted by molar-refractivity contribution is -0.136. The van der Waals surface area contributed by atoms with E-state index in [9.17, 15) is 4.79 Å². The molecule has 0 bridgehead atoms. The van der Waals surface area contributed by atoms with E-state index in [1.165, 1.54) is 0 Å². The molecule has 15 heavy (non-hydrogen) atoms. The van der Waals surface area contributed by atoms with Gasteiger partial charge in [0.2, 0.25) is 5.28 Å². The average molecular weight is 290 g/mol. The van der Waals surface area contributed by atoms with E-state index in [1.807, 2.05) is 0 Å². The Labute approximate surface area is 98.4 Å². The van der Waals surface area contributed by atoms with E-state index in [0.717, 1.165) is 5.52 Å². The van der Waals surface area contributed by atoms with Gasteiger partial charge in [0.05, 0.1) is 11.9 Å². The Morgan fingerprint density at radius 2 is 2.33 bits per heavy atom. The number of hydrogen-bond acceptors (Lipinski definition) is 2. The van der Waals surface area contributed by atoms with E-state index in [1.54, 1.807) is 12.1 Å². The monoisotopic (exact) mass is 288 g/mol. The predicted molar refractivity (Wildman–Crippen MR) is 60.1 cm³/mol. The molecule has 1 aromatic carbocycles. The number of imidazole rings is 1. The zero-order valence-corrected chi connectivity index (χ0v) is 9.76. The van der Waals surface area contributed by atoms with Crippen molar-refractivity contribution >= 4 is 44.5 Å². The first-order valence-corrected chi connectivity index (χ1v) is 5.29. The van der Waals surface area contributed by atoms with Gasteiger partial charge in [-0.3, -0.25) is 4.79 Å². The Morgan fingerprint density at radius 3 is 3.00 bits per heavy atom. The van der Waals surface area contributed by atoms with Crippen LogP contribution in [0.3, 0.4) is 0 Å². The first-order chi connectivity index (χ1) is 7.08. The number of carbonyl (C=O) groups is 1. The van der Waals surface area contributed by atoms with Gasteiger partial charge in [0, 0.05) is 4.47 Å². The fourth-order valence-electron chi connectivity index (χ4n) is 1.35. The van der Waals surface area contributed by atoms with E-state index >= 15 is 0 Å². The third-order valence-corrected chi connectivity index (χ3v) is 3.05. The van der Waals surface area contributed by atoms with Gasteiger partial charge in [-0.25, -0.2) is 4.98 Å². The molecule has 0 aliphatic carbocycles. The van der Waals surface area contributed by atoms with Crippen LogP contribution in [0, 0.1) is 0 Å². The summed E-state index contributed by atoms with van der Waals surface area (Å²) in [5.41, 5.74) is 2.11. The molecule has 0 saturated carbocycles. The van der Waals surface area contributed by atoms with E-state index in [2.05, 4.69) is 25.9 Å². The zero-order valence-electron chi connectivity index (χ0n) is 7.42. The Bertz CT molecular complexity index is 538. The van der Waals surface area contributed by atoms with Gasteiger partial charge < -0.3 is 10.1 Å². The number of aromatic nitrogens is 2. The molecule has 1 aromatic heterocycles. The summed E-state index contributed by atoms with van der Waals surface area (Å²) in [5.74, 6) is -0.878. The second-order valence-electron chi connectivity index (χ2n) is 3.03. The van der Waals surface area contributed by atoms with Crippen molar-refractivity contribution in [2.75, 3.05) is 0 Å². The smallest absolute Gasteiger partial charge is 0.307 e. The highest BCUT2D eigenvalue weighted by molar-refractivity contribution is 9.10. The molecule has 6 heteroatoms. The number of fused-ring (bicyclic) bond motifs is 1. The summed E-state index contributed by atoms with van der Waals surface area (Å²) in [7, 11) is 0. The SMILES string of the molecule is O=C(O)Cc1ccc2[nH]c(Cl)nc2c1Br. The van der Waals surface area contributed by atoms with Crippen LogP contribution < -0.4 is 0 Å². The van der Waals surface area contributed by atoms with Crippen molar-refractivity contribution in [1.82, 2.24) is 9.97 Å². The summed E-state index contributed by atoms with van der Waals surface area (Å²) in [5, 5.41) is 8.98. The molecule has 78 valence electrons. The summed E-state index contributed by atoms with van der Waals surface area (Å²) in [6, 6.07) is 3.49. The first-order valence-electron chi connectivity index (χ1n) is 4.12. The lowest BCUT2D eigenvalue weighted by atomic mass is 10.1. The largest absolute Gasteiger partial charge is 0.481 e. The molecule has 0 saturated heterocycles. The number of nitrogens with one attached hydrogen (secondary N) is 1. The van der Waals surface area contributed by atoms with Crippen molar-refractivity contribution in [2.24, 2.45) is 0 Å². The molecule has 0 atom stereocenters. The highest BCUT2D eigenvalue weighted by atomic mass is 79.9. The van der Waals surface area contributed by atoms with Gasteiger partial charge in [0.25, 0.3) is 0 Å². The minimum absolute atomic E-state index is 0.0407. The lowest BCUT2D eigenvalue weighted by Crippen LogP contribution is -2.00. The van der Waals surface area contributed by atoms with Crippen molar-refractivity contribution in [3.8, 4) is 0 Å². The number of aliphatic carboxylic acids is 1. The summed E-state index contributed by atoms with van der Waals surface area (Å²) in [6.07, 6.45) is -0.0407. The molecule has 0 spiro atoms. The standard InChI is InChI=1S/C9H6BrClN2O2/c10-7-4(3-6(14)15)1-2-5-8(7)13-9(11)12-5/h1-2H,3H2,(H,12,13)(H,14,15). The van der Waals surface area contributed by atoms with Crippen LogP contribution in [-0.4, -0.2) is 21.0 Å². The number of rotatable bonds is 2. The summed E-state index contributed by atoms with van der Waals surface area (Å²) in [6.45, 7) is 0. The van der Waals surface area contributed by atoms with Crippen LogP contribution >= 0.6 is 27.5 Å². The fourth-order valence-corrected chi connectivity index (χ4v) is 2.11. The van der Waals surface area contributed by atoms with Crippen molar-refractivity contribution in [2.45, 2.75) is 6.42 Å². The topological polar surface area (TPSA) is 66.0 Å². The normalized spacial score (nSPS) is 10.8. The van der Waals surface area contributed by atoms with Crippen molar-refractivity contribution in [1.29, 1.82) is 0 Å². The van der Waals surface area contributed by atoms with Crippen LogP contribution in [0.25, 0.3) is 11.0 Å². The third kappa shape index (κ3) is 1.98. The van der Waals surface area contributed by atoms with Crippen LogP contribution in [-0.2, 0) is 11.2 Å². The van der Waals surface area contributed by atoms with E-state index in [4.69, 9.17) is 16.7 Å². The number of H-pyrrole nitrogens is 1. The maximum atomic E-state index is 10.6. The molecule has 1 heterocycles. The van der Waals surface area contributed by atoms with Crippen LogP contribution in [0.2, 0.25) is 5.28 Å². The molecule has 2 aromatic rings. The average Bonchev–Trinajstić information content (AvgIpc) is 2.51. The minimum Gasteiger partial charge on any atom is -0.481 e. The molecule has 2 rings (SSSR count). The molecular weight excluding hydrogens is 283 g/mol. The number of nitrogens with zero attached hydrogens (tertiary/aromatic N) is 1. The van der Waals surface area contributed by atoms with Crippen LogP contribution in [0.5, 0.6) is 0 Å². The molecule has 0 aliphatic rings. The van der Waals surface area contributed by atoms with Gasteiger partial charge in [0.1, 0.15) is 5.52 Å². The van der Waals surface area contributed by atoms with Gasteiger partial charge in [0.15, 0.2) is 0 Å². The molecule has 4 nitrogen and oxygen atoms in total. The summed E-state index contributed by atoms with van der Waals surface area (Å²) < 4.78 is 0.672. The fraction of sp³-hybridized carbons (Fsp3) is 0.111. The third-order valence-electron chi connectivity index (χ3n) is 1.99. The predicted octanol–water partition coefficient (Wildman–Crippen LogP) is 2.61. The molecular formula is C9H6BrClN2O2. The molecule has 0 amide bonds. The molecule has 0 radical (unpaired) electrons. The van der Waals surface area contributed by atoms with E-state index in [-0.39, 0.29) is 11.7 Å². The molecule has 2 N–H and O–H groups in total. The van der Waals surface area contributed by atoms with Crippen molar-refractivity contribution in [3.63, 3.8) is 0 Å². The Balaban J connectivity index is 2.58. The molecule has 0 fully saturated rings. The van der Waals surface area contributed by atoms with Crippen LogP contribution in [0.15, 0.2) is 16.6 Å². The maximum Gasteiger partial charge on any atom is 0.307 e.